The predicted molar refractivity (Wildman–Crippen MR) is 87.3 cm³/mol. The molecule has 1 aromatic carbocycles. The van der Waals surface area contributed by atoms with Crippen molar-refractivity contribution in [1.29, 1.82) is 0 Å². The quantitative estimate of drug-likeness (QED) is 0.846. The van der Waals surface area contributed by atoms with Crippen molar-refractivity contribution in [1.82, 2.24) is 10.0 Å². The first-order valence-electron chi connectivity index (χ1n) is 6.42. The number of thiophene rings is 1. The van der Waals surface area contributed by atoms with E-state index in [2.05, 4.69) is 10.0 Å². The summed E-state index contributed by atoms with van der Waals surface area (Å²) in [7, 11) is -1.68. The van der Waals surface area contributed by atoms with Crippen LogP contribution in [0.1, 0.15) is 24.1 Å². The van der Waals surface area contributed by atoms with Gasteiger partial charge in [-0.25, -0.2) is 13.1 Å². The summed E-state index contributed by atoms with van der Waals surface area (Å²) in [5.74, 6) is 0. The van der Waals surface area contributed by atoms with Crippen LogP contribution >= 0.6 is 22.9 Å². The summed E-state index contributed by atoms with van der Waals surface area (Å²) in [6, 6.07) is 8.50. The zero-order valence-corrected chi connectivity index (χ0v) is 14.1. The standard InChI is InChI=1S/C14H17ClN2O2S2/c1-10(12-3-5-13(15)6-4-12)17-21(18,19)14-7-11(8-16-2)9-20-14/h3-7,9-10,16-17H,8H2,1-2H3. The molecule has 0 saturated heterocycles. The molecule has 1 atom stereocenters. The Morgan fingerprint density at radius 1 is 1.29 bits per heavy atom. The molecule has 1 unspecified atom stereocenters. The lowest BCUT2D eigenvalue weighted by Crippen LogP contribution is -2.26. The first kappa shape index (κ1) is 16.5. The molecule has 2 N–H and O–H groups in total. The molecule has 0 aliphatic carbocycles. The van der Waals surface area contributed by atoms with Crippen LogP contribution in [0.25, 0.3) is 0 Å². The van der Waals surface area contributed by atoms with E-state index in [-0.39, 0.29) is 6.04 Å². The summed E-state index contributed by atoms with van der Waals surface area (Å²) in [6.07, 6.45) is 0. The molecule has 0 radical (unpaired) electrons. The summed E-state index contributed by atoms with van der Waals surface area (Å²) >= 11 is 7.06. The van der Waals surface area contributed by atoms with E-state index in [9.17, 15) is 8.42 Å². The van der Waals surface area contributed by atoms with Crippen molar-refractivity contribution in [2.24, 2.45) is 0 Å². The zero-order chi connectivity index (χ0) is 15.5. The number of hydrogen-bond acceptors (Lipinski definition) is 4. The second-order valence-corrected chi connectivity index (χ2v) is 7.99. The monoisotopic (exact) mass is 344 g/mol. The number of halogens is 1. The number of sulfonamides is 1. The topological polar surface area (TPSA) is 58.2 Å². The molecule has 1 heterocycles. The van der Waals surface area contributed by atoms with Crippen molar-refractivity contribution in [3.63, 3.8) is 0 Å². The van der Waals surface area contributed by atoms with Gasteiger partial charge in [-0.15, -0.1) is 11.3 Å². The zero-order valence-electron chi connectivity index (χ0n) is 11.8. The van der Waals surface area contributed by atoms with Crippen LogP contribution in [0.3, 0.4) is 0 Å². The Hall–Kier alpha value is -0.920. The van der Waals surface area contributed by atoms with E-state index in [0.29, 0.717) is 15.8 Å². The number of nitrogens with one attached hydrogen (secondary N) is 2. The van der Waals surface area contributed by atoms with Crippen molar-refractivity contribution < 1.29 is 8.42 Å². The normalized spacial score (nSPS) is 13.3. The fraction of sp³-hybridized carbons (Fsp3) is 0.286. The fourth-order valence-corrected chi connectivity index (χ4v) is 4.49. The van der Waals surface area contributed by atoms with Gasteiger partial charge in [0.15, 0.2) is 0 Å². The van der Waals surface area contributed by atoms with E-state index in [1.54, 1.807) is 18.2 Å². The van der Waals surface area contributed by atoms with E-state index in [4.69, 9.17) is 11.6 Å². The number of benzene rings is 1. The fourth-order valence-electron chi connectivity index (χ4n) is 1.90. The highest BCUT2D eigenvalue weighted by Gasteiger charge is 2.20. The minimum Gasteiger partial charge on any atom is -0.316 e. The summed E-state index contributed by atoms with van der Waals surface area (Å²) in [5.41, 5.74) is 1.83. The largest absolute Gasteiger partial charge is 0.316 e. The van der Waals surface area contributed by atoms with Gasteiger partial charge >= 0.3 is 0 Å². The Morgan fingerprint density at radius 2 is 1.95 bits per heavy atom. The van der Waals surface area contributed by atoms with Crippen LogP contribution in [-0.2, 0) is 16.6 Å². The van der Waals surface area contributed by atoms with Gasteiger partial charge in [0.25, 0.3) is 10.0 Å². The van der Waals surface area contributed by atoms with Gasteiger partial charge in [0, 0.05) is 17.6 Å². The van der Waals surface area contributed by atoms with Gasteiger partial charge in [-0.05, 0) is 48.7 Å². The molecule has 0 aliphatic heterocycles. The molecule has 0 aliphatic rings. The molecule has 114 valence electrons. The maximum Gasteiger partial charge on any atom is 0.250 e. The van der Waals surface area contributed by atoms with Crippen LogP contribution in [0, 0.1) is 0 Å². The van der Waals surface area contributed by atoms with E-state index < -0.39 is 10.0 Å². The van der Waals surface area contributed by atoms with E-state index in [1.165, 1.54) is 11.3 Å². The molecule has 2 rings (SSSR count). The second-order valence-electron chi connectivity index (χ2n) is 4.70. The second kappa shape index (κ2) is 6.89. The minimum atomic E-state index is -3.51. The lowest BCUT2D eigenvalue weighted by atomic mass is 10.1. The van der Waals surface area contributed by atoms with Gasteiger partial charge in [0.1, 0.15) is 4.21 Å². The first-order chi connectivity index (χ1) is 9.92. The number of rotatable bonds is 6. The Kier molecular flexibility index (Phi) is 5.40. The summed E-state index contributed by atoms with van der Waals surface area (Å²) < 4.78 is 27.7. The molecule has 4 nitrogen and oxygen atoms in total. The lowest BCUT2D eigenvalue weighted by Gasteiger charge is -2.13. The van der Waals surface area contributed by atoms with Crippen molar-refractivity contribution in [2.75, 3.05) is 7.05 Å². The third kappa shape index (κ3) is 4.28. The van der Waals surface area contributed by atoms with Crippen molar-refractivity contribution in [3.05, 3.63) is 51.9 Å². The van der Waals surface area contributed by atoms with Gasteiger partial charge < -0.3 is 5.32 Å². The third-order valence-corrected chi connectivity index (χ3v) is 6.26. The van der Waals surface area contributed by atoms with Gasteiger partial charge in [0.05, 0.1) is 0 Å². The SMILES string of the molecule is CNCc1csc(S(=O)(=O)NC(C)c2ccc(Cl)cc2)c1. The summed E-state index contributed by atoms with van der Waals surface area (Å²) in [6.45, 7) is 2.46. The molecule has 21 heavy (non-hydrogen) atoms. The van der Waals surface area contributed by atoms with Crippen LogP contribution in [0.15, 0.2) is 39.9 Å². The van der Waals surface area contributed by atoms with Crippen LogP contribution in [0.5, 0.6) is 0 Å². The van der Waals surface area contributed by atoms with Crippen LogP contribution in [0.2, 0.25) is 5.02 Å². The Morgan fingerprint density at radius 3 is 2.57 bits per heavy atom. The smallest absolute Gasteiger partial charge is 0.250 e. The van der Waals surface area contributed by atoms with Gasteiger partial charge in [0.2, 0.25) is 0 Å². The lowest BCUT2D eigenvalue weighted by molar-refractivity contribution is 0.569. The average molecular weight is 345 g/mol. The average Bonchev–Trinajstić information content (AvgIpc) is 2.89. The molecule has 7 heteroatoms. The highest BCUT2D eigenvalue weighted by atomic mass is 35.5. The van der Waals surface area contributed by atoms with Crippen LogP contribution in [0.4, 0.5) is 0 Å². The molecule has 0 spiro atoms. The molecule has 2 aromatic rings. The molecule has 0 fully saturated rings. The Bertz CT molecular complexity index is 696. The van der Waals surface area contributed by atoms with E-state index in [0.717, 1.165) is 11.1 Å². The maximum absolute atomic E-state index is 12.4. The van der Waals surface area contributed by atoms with Gasteiger partial charge in [-0.1, -0.05) is 23.7 Å². The summed E-state index contributed by atoms with van der Waals surface area (Å²) in [5, 5.41) is 5.47. The molecule has 0 saturated carbocycles. The highest BCUT2D eigenvalue weighted by molar-refractivity contribution is 7.91. The minimum absolute atomic E-state index is 0.317. The van der Waals surface area contributed by atoms with Crippen molar-refractivity contribution in [2.45, 2.75) is 23.7 Å². The van der Waals surface area contributed by atoms with Gasteiger partial charge in [-0.3, -0.25) is 0 Å². The summed E-state index contributed by atoms with van der Waals surface area (Å²) in [4.78, 5) is 0. The predicted octanol–water partition coefficient (Wildman–Crippen LogP) is 3.16. The van der Waals surface area contributed by atoms with Crippen LogP contribution < -0.4 is 10.0 Å². The molecular weight excluding hydrogens is 328 g/mol. The van der Waals surface area contributed by atoms with E-state index >= 15 is 0 Å². The number of hydrogen-bond donors (Lipinski definition) is 2. The Balaban J connectivity index is 2.14. The third-order valence-electron chi connectivity index (χ3n) is 2.98. The van der Waals surface area contributed by atoms with Gasteiger partial charge in [-0.2, -0.15) is 0 Å². The highest BCUT2D eigenvalue weighted by Crippen LogP contribution is 2.23. The van der Waals surface area contributed by atoms with E-state index in [1.807, 2.05) is 31.5 Å². The maximum atomic E-state index is 12.4. The molecule has 0 amide bonds. The molecule has 1 aromatic heterocycles. The molecular formula is C14H17ClN2O2S2. The Labute approximate surface area is 134 Å². The first-order valence-corrected chi connectivity index (χ1v) is 9.16. The van der Waals surface area contributed by atoms with Crippen molar-refractivity contribution >= 4 is 33.0 Å². The molecule has 0 bridgehead atoms. The van der Waals surface area contributed by atoms with Crippen LogP contribution in [-0.4, -0.2) is 15.5 Å². The van der Waals surface area contributed by atoms with Crippen molar-refractivity contribution in [3.8, 4) is 0 Å².